The van der Waals surface area contributed by atoms with Crippen molar-refractivity contribution >= 4 is 61.7 Å². The third-order valence-electron chi connectivity index (χ3n) is 6.84. The number of aromatic nitrogens is 4. The molecule has 1 atom stereocenters. The molecule has 11 nitrogen and oxygen atoms in total. The minimum absolute atomic E-state index is 0.0281. The average Bonchev–Trinajstić information content (AvgIpc) is 3.33. The van der Waals surface area contributed by atoms with Crippen LogP contribution in [0.4, 0.5) is 16.2 Å². The molecule has 5 rings (SSSR count). The van der Waals surface area contributed by atoms with E-state index in [1.807, 2.05) is 44.2 Å². The topological polar surface area (TPSA) is 165 Å². The lowest BCUT2D eigenvalue weighted by Crippen LogP contribution is -2.19. The molecular formula is C29H27Cl2N7O4S. The Morgan fingerprint density at radius 1 is 1.02 bits per heavy atom. The normalized spacial score (nSPS) is 12.3. The third kappa shape index (κ3) is 6.57. The van der Waals surface area contributed by atoms with E-state index in [9.17, 15) is 18.0 Å². The maximum Gasteiger partial charge on any atom is 0.323 e. The SMILES string of the molecule is CCC(C)c1nn(-c2c(Cl)cc(S(N)(=O)=O)cc2Cl)c2nc(Cc3ccc(NC(=O)Nc4ccccc4)cc3)[nH]c(=O)c12. The summed E-state index contributed by atoms with van der Waals surface area (Å²) >= 11 is 13.0. The first-order valence-corrected chi connectivity index (χ1v) is 15.5. The number of fused-ring (bicyclic) bond motifs is 1. The van der Waals surface area contributed by atoms with E-state index in [1.54, 1.807) is 24.3 Å². The second kappa shape index (κ2) is 12.2. The lowest BCUT2D eigenvalue weighted by molar-refractivity contribution is 0.262. The van der Waals surface area contributed by atoms with E-state index in [2.05, 4.69) is 20.7 Å². The van der Waals surface area contributed by atoms with Gasteiger partial charge < -0.3 is 15.6 Å². The van der Waals surface area contributed by atoms with E-state index in [0.29, 0.717) is 29.3 Å². The Hall–Kier alpha value is -4.23. The number of carbonyl (C=O) groups excluding carboxylic acids is 1. The number of rotatable bonds is 8. The molecule has 5 aromatic rings. The highest BCUT2D eigenvalue weighted by molar-refractivity contribution is 7.89. The van der Waals surface area contributed by atoms with E-state index in [1.165, 1.54) is 16.8 Å². The first-order valence-electron chi connectivity index (χ1n) is 13.2. The van der Waals surface area contributed by atoms with Crippen molar-refractivity contribution < 1.29 is 13.2 Å². The van der Waals surface area contributed by atoms with E-state index >= 15 is 0 Å². The van der Waals surface area contributed by atoms with Crippen molar-refractivity contribution in [2.45, 2.75) is 37.5 Å². The molecule has 0 saturated carbocycles. The van der Waals surface area contributed by atoms with Crippen LogP contribution in [-0.2, 0) is 16.4 Å². The molecule has 5 N–H and O–H groups in total. The summed E-state index contributed by atoms with van der Waals surface area (Å²) in [5.74, 6) is 0.253. The number of carbonyl (C=O) groups is 1. The van der Waals surface area contributed by atoms with Crippen LogP contribution >= 0.6 is 23.2 Å². The second-order valence-corrected chi connectivity index (χ2v) is 12.3. The summed E-state index contributed by atoms with van der Waals surface area (Å²) in [7, 11) is -4.07. The number of anilines is 2. The molecule has 2 amide bonds. The van der Waals surface area contributed by atoms with Gasteiger partial charge in [-0.2, -0.15) is 5.10 Å². The van der Waals surface area contributed by atoms with Crippen molar-refractivity contribution in [3.63, 3.8) is 0 Å². The minimum Gasteiger partial charge on any atom is -0.310 e. The number of amides is 2. The first-order chi connectivity index (χ1) is 20.4. The molecule has 2 heterocycles. The summed E-state index contributed by atoms with van der Waals surface area (Å²) in [6.45, 7) is 3.90. The number of nitrogens with one attached hydrogen (secondary N) is 3. The molecule has 0 aliphatic carbocycles. The lowest BCUT2D eigenvalue weighted by atomic mass is 10.0. The zero-order chi connectivity index (χ0) is 30.9. The van der Waals surface area contributed by atoms with Gasteiger partial charge in [0.15, 0.2) is 5.65 Å². The molecule has 0 fully saturated rings. The fourth-order valence-corrected chi connectivity index (χ4v) is 5.84. The summed E-state index contributed by atoms with van der Waals surface area (Å²) in [6.07, 6.45) is 0.959. The van der Waals surface area contributed by atoms with Crippen LogP contribution in [0.3, 0.4) is 0 Å². The van der Waals surface area contributed by atoms with Gasteiger partial charge in [-0.1, -0.05) is 67.4 Å². The van der Waals surface area contributed by atoms with Crippen molar-refractivity contribution in [3.8, 4) is 5.69 Å². The summed E-state index contributed by atoms with van der Waals surface area (Å²) in [4.78, 5) is 33.0. The van der Waals surface area contributed by atoms with Crippen LogP contribution in [0.25, 0.3) is 16.7 Å². The van der Waals surface area contributed by atoms with Crippen LogP contribution < -0.4 is 21.3 Å². The number of para-hydroxylation sites is 1. The van der Waals surface area contributed by atoms with E-state index < -0.39 is 10.0 Å². The predicted octanol–water partition coefficient (Wildman–Crippen LogP) is 5.81. The quantitative estimate of drug-likeness (QED) is 0.167. The summed E-state index contributed by atoms with van der Waals surface area (Å²) in [5.41, 5.74) is 2.58. The molecule has 0 radical (unpaired) electrons. The van der Waals surface area contributed by atoms with Gasteiger partial charge in [0.1, 0.15) is 16.9 Å². The predicted molar refractivity (Wildman–Crippen MR) is 168 cm³/mol. The van der Waals surface area contributed by atoms with Crippen LogP contribution in [-0.4, -0.2) is 34.2 Å². The molecule has 14 heteroatoms. The van der Waals surface area contributed by atoms with Gasteiger partial charge in [-0.05, 0) is 48.4 Å². The molecule has 1 unspecified atom stereocenters. The number of hydrogen-bond acceptors (Lipinski definition) is 6. The Kier molecular flexibility index (Phi) is 8.56. The molecule has 0 bridgehead atoms. The lowest BCUT2D eigenvalue weighted by Gasteiger charge is -2.11. The fourth-order valence-electron chi connectivity index (χ4n) is 4.50. The molecule has 0 aliphatic rings. The van der Waals surface area contributed by atoms with Crippen molar-refractivity contribution in [2.75, 3.05) is 10.6 Å². The highest BCUT2D eigenvalue weighted by Crippen LogP contribution is 2.35. The van der Waals surface area contributed by atoms with Gasteiger partial charge in [-0.15, -0.1) is 0 Å². The Labute approximate surface area is 257 Å². The van der Waals surface area contributed by atoms with Crippen LogP contribution in [0.15, 0.2) is 76.4 Å². The number of nitrogens with zero attached hydrogens (tertiary/aromatic N) is 3. The number of nitrogens with two attached hydrogens (primary N) is 1. The van der Waals surface area contributed by atoms with Crippen molar-refractivity contribution in [1.29, 1.82) is 0 Å². The van der Waals surface area contributed by atoms with Gasteiger partial charge in [0.2, 0.25) is 10.0 Å². The monoisotopic (exact) mass is 639 g/mol. The van der Waals surface area contributed by atoms with Gasteiger partial charge in [0.25, 0.3) is 5.56 Å². The van der Waals surface area contributed by atoms with Gasteiger partial charge in [0.05, 0.1) is 20.6 Å². The smallest absolute Gasteiger partial charge is 0.310 e. The highest BCUT2D eigenvalue weighted by Gasteiger charge is 2.25. The standard InChI is InChI=1S/C29H27Cl2N7O4S/c1-3-16(2)25-24-27(38(37-25)26-21(30)14-20(15-22(26)31)43(32,41)42)35-23(36-28(24)39)13-17-9-11-19(12-10-17)34-29(40)33-18-7-5-4-6-8-18/h4-12,14-16H,3,13H2,1-2H3,(H2,32,41,42)(H2,33,34,40)(H,35,36,39). The zero-order valence-electron chi connectivity index (χ0n) is 23.1. The Bertz CT molecular complexity index is 1970. The van der Waals surface area contributed by atoms with Gasteiger partial charge in [0, 0.05) is 23.7 Å². The van der Waals surface area contributed by atoms with Crippen molar-refractivity contribution in [2.24, 2.45) is 5.14 Å². The Balaban J connectivity index is 1.48. The molecule has 2 aromatic heterocycles. The van der Waals surface area contributed by atoms with E-state index in [4.69, 9.17) is 33.3 Å². The number of primary sulfonamides is 1. The maximum atomic E-state index is 13.4. The number of urea groups is 1. The van der Waals surface area contributed by atoms with Gasteiger partial charge >= 0.3 is 6.03 Å². The van der Waals surface area contributed by atoms with Crippen LogP contribution in [0.2, 0.25) is 10.0 Å². The Morgan fingerprint density at radius 2 is 1.63 bits per heavy atom. The maximum absolute atomic E-state index is 13.4. The average molecular weight is 641 g/mol. The third-order valence-corrected chi connectivity index (χ3v) is 8.31. The first kappa shape index (κ1) is 30.2. The highest BCUT2D eigenvalue weighted by atomic mass is 35.5. The van der Waals surface area contributed by atoms with Crippen molar-refractivity contribution in [1.82, 2.24) is 19.7 Å². The molecule has 43 heavy (non-hydrogen) atoms. The minimum atomic E-state index is -4.07. The largest absolute Gasteiger partial charge is 0.323 e. The fraction of sp³-hybridized carbons (Fsp3) is 0.172. The number of halogens is 2. The van der Waals surface area contributed by atoms with Crippen LogP contribution in [0, 0.1) is 0 Å². The molecule has 222 valence electrons. The zero-order valence-corrected chi connectivity index (χ0v) is 25.4. The summed E-state index contributed by atoms with van der Waals surface area (Å²) < 4.78 is 25.2. The van der Waals surface area contributed by atoms with Crippen LogP contribution in [0.5, 0.6) is 0 Å². The number of sulfonamides is 1. The molecule has 3 aromatic carbocycles. The molecule has 0 spiro atoms. The number of aromatic amines is 1. The van der Waals surface area contributed by atoms with Crippen molar-refractivity contribution in [3.05, 3.63) is 104 Å². The van der Waals surface area contributed by atoms with Crippen LogP contribution in [0.1, 0.15) is 43.3 Å². The summed E-state index contributed by atoms with van der Waals surface area (Å²) in [6, 6.07) is 18.2. The van der Waals surface area contributed by atoms with E-state index in [0.717, 1.165) is 5.56 Å². The Morgan fingerprint density at radius 3 is 2.21 bits per heavy atom. The molecular weight excluding hydrogens is 613 g/mol. The van der Waals surface area contributed by atoms with E-state index in [-0.39, 0.29) is 55.6 Å². The molecule has 0 aliphatic heterocycles. The van der Waals surface area contributed by atoms with Gasteiger partial charge in [-0.3, -0.25) is 4.79 Å². The summed E-state index contributed by atoms with van der Waals surface area (Å²) in [5, 5.41) is 15.7. The number of H-pyrrole nitrogens is 1. The van der Waals surface area contributed by atoms with Gasteiger partial charge in [-0.25, -0.2) is 28.0 Å². The second-order valence-electron chi connectivity index (χ2n) is 9.92. The molecule has 0 saturated heterocycles. The number of hydrogen-bond donors (Lipinski definition) is 4. The number of benzene rings is 3.